The summed E-state index contributed by atoms with van der Waals surface area (Å²) in [5.74, 6) is 4.13. The molecule has 0 atom stereocenters. The number of aliphatic imine (C=N–C) groups is 5. The van der Waals surface area contributed by atoms with Crippen molar-refractivity contribution in [3.05, 3.63) is 130 Å². The van der Waals surface area contributed by atoms with Crippen LogP contribution in [-0.2, 0) is 6.54 Å². The molecule has 0 amide bonds. The van der Waals surface area contributed by atoms with E-state index in [4.69, 9.17) is 25.0 Å². The number of hydrogen-bond donors (Lipinski definition) is 2. The SMILES string of the molecule is C1=NC2=NC(=Nc3[nH]c(c4ccccc34)N=C3N=C(NCc4ccccc41)c1ccccc13)c1ccccc12. The van der Waals surface area contributed by atoms with E-state index in [1.165, 1.54) is 0 Å². The molecule has 0 fully saturated rings. The van der Waals surface area contributed by atoms with Gasteiger partial charge in [-0.25, -0.2) is 25.0 Å². The van der Waals surface area contributed by atoms with Crippen molar-refractivity contribution in [1.82, 2.24) is 10.3 Å². The minimum Gasteiger partial charge on any atom is -0.365 e. The molecule has 0 radical (unpaired) electrons. The molecule has 6 bridgehead atoms. The van der Waals surface area contributed by atoms with Crippen molar-refractivity contribution in [3.63, 3.8) is 0 Å². The Kier molecular flexibility index (Phi) is 4.75. The van der Waals surface area contributed by atoms with E-state index < -0.39 is 0 Å². The number of H-pyrrole nitrogens is 1. The van der Waals surface area contributed by atoms with Gasteiger partial charge in [-0.15, -0.1) is 0 Å². The second kappa shape index (κ2) is 8.56. The number of benzene rings is 4. The molecule has 8 rings (SSSR count). The predicted octanol–water partition coefficient (Wildman–Crippen LogP) is 6.07. The molecule has 0 saturated carbocycles. The van der Waals surface area contributed by atoms with Crippen LogP contribution in [0.5, 0.6) is 0 Å². The summed E-state index contributed by atoms with van der Waals surface area (Å²) >= 11 is 0. The lowest BCUT2D eigenvalue weighted by atomic mass is 10.1. The quantitative estimate of drug-likeness (QED) is 0.264. The number of aromatic nitrogens is 1. The number of hydrogen-bond acceptors (Lipinski definition) is 6. The highest BCUT2D eigenvalue weighted by molar-refractivity contribution is 6.25. The van der Waals surface area contributed by atoms with Gasteiger partial charge >= 0.3 is 0 Å². The van der Waals surface area contributed by atoms with Crippen LogP contribution in [0, 0.1) is 0 Å². The van der Waals surface area contributed by atoms with Gasteiger partial charge in [0.25, 0.3) is 0 Å². The van der Waals surface area contributed by atoms with E-state index in [0.717, 1.165) is 50.0 Å². The number of amidine groups is 4. The van der Waals surface area contributed by atoms with Gasteiger partial charge in [-0.2, -0.15) is 0 Å². The van der Waals surface area contributed by atoms with Gasteiger partial charge in [0.2, 0.25) is 0 Å². The second-order valence-electron chi connectivity index (χ2n) is 9.54. The molecular weight excluding hydrogens is 482 g/mol. The number of aromatic amines is 1. The molecule has 1 aromatic heterocycles. The molecule has 0 spiro atoms. The monoisotopic (exact) mass is 503 g/mol. The van der Waals surface area contributed by atoms with E-state index in [2.05, 4.69) is 40.6 Å². The molecule has 4 heterocycles. The number of fused-ring (bicyclic) bond motifs is 14. The molecule has 3 aliphatic rings. The summed E-state index contributed by atoms with van der Waals surface area (Å²) in [7, 11) is 0. The molecule has 2 N–H and O–H groups in total. The highest BCUT2D eigenvalue weighted by atomic mass is 15.1. The lowest BCUT2D eigenvalue weighted by molar-refractivity contribution is 0.916. The molecule has 39 heavy (non-hydrogen) atoms. The van der Waals surface area contributed by atoms with Crippen molar-refractivity contribution in [2.45, 2.75) is 6.54 Å². The van der Waals surface area contributed by atoms with Crippen LogP contribution in [0.25, 0.3) is 10.8 Å². The van der Waals surface area contributed by atoms with Gasteiger partial charge < -0.3 is 10.3 Å². The van der Waals surface area contributed by atoms with E-state index in [9.17, 15) is 0 Å². The first kappa shape index (κ1) is 21.6. The predicted molar refractivity (Wildman–Crippen MR) is 158 cm³/mol. The van der Waals surface area contributed by atoms with Crippen LogP contribution in [0.3, 0.4) is 0 Å². The minimum atomic E-state index is 0.591. The standard InChI is InChI=1S/C32H21N7/c1-2-10-20-18-34-28-22-12-4-6-14-24(22)30(36-28)38-32-26-16-8-7-15-25(26)31(39-32)37-29-23-13-5-3-11-21(23)27(35-29)33-17-19(20)9-1/h1-17,39H,18H2,(H,34,36,38). The Balaban J connectivity index is 1.39. The van der Waals surface area contributed by atoms with E-state index >= 15 is 0 Å². The Morgan fingerprint density at radius 3 is 1.82 bits per heavy atom. The van der Waals surface area contributed by atoms with E-state index in [1.807, 2.05) is 72.9 Å². The molecule has 0 unspecified atom stereocenters. The Morgan fingerprint density at radius 2 is 1.08 bits per heavy atom. The Labute approximate surface area is 224 Å². The first-order chi connectivity index (χ1) is 19.3. The van der Waals surface area contributed by atoms with Crippen LogP contribution in [0.2, 0.25) is 0 Å². The van der Waals surface area contributed by atoms with Crippen LogP contribution in [0.4, 0.5) is 11.6 Å². The fraction of sp³-hybridized carbons (Fsp3) is 0.0312. The normalized spacial score (nSPS) is 15.3. The third-order valence-electron chi connectivity index (χ3n) is 7.20. The summed E-state index contributed by atoms with van der Waals surface area (Å²) in [6.07, 6.45) is 1.88. The summed E-state index contributed by atoms with van der Waals surface area (Å²) in [6, 6.07) is 32.6. The second-order valence-corrected chi connectivity index (χ2v) is 9.54. The van der Waals surface area contributed by atoms with Crippen molar-refractivity contribution in [3.8, 4) is 0 Å². The summed E-state index contributed by atoms with van der Waals surface area (Å²) in [6.45, 7) is 0.591. The molecule has 0 aliphatic carbocycles. The van der Waals surface area contributed by atoms with Gasteiger partial charge in [0.15, 0.2) is 17.5 Å². The zero-order valence-electron chi connectivity index (χ0n) is 20.8. The van der Waals surface area contributed by atoms with Gasteiger partial charge in [0, 0.05) is 45.8 Å². The average molecular weight is 504 g/mol. The van der Waals surface area contributed by atoms with Gasteiger partial charge in [0.05, 0.1) is 0 Å². The van der Waals surface area contributed by atoms with Crippen molar-refractivity contribution >= 4 is 52.0 Å². The third kappa shape index (κ3) is 3.55. The summed E-state index contributed by atoms with van der Waals surface area (Å²) in [4.78, 5) is 28.1. The number of rotatable bonds is 0. The zero-order valence-corrected chi connectivity index (χ0v) is 20.8. The first-order valence-electron chi connectivity index (χ1n) is 12.8. The maximum atomic E-state index is 5.02. The molecule has 5 aromatic rings. The number of nitrogens with zero attached hydrogens (tertiary/aromatic N) is 5. The molecule has 7 heteroatoms. The molecule has 0 saturated heterocycles. The molecular formula is C32H21N7. The largest absolute Gasteiger partial charge is 0.365 e. The maximum Gasteiger partial charge on any atom is 0.164 e. The smallest absolute Gasteiger partial charge is 0.164 e. The lowest BCUT2D eigenvalue weighted by Gasteiger charge is -2.09. The Morgan fingerprint density at radius 1 is 0.513 bits per heavy atom. The van der Waals surface area contributed by atoms with Crippen molar-refractivity contribution in [2.75, 3.05) is 0 Å². The molecule has 7 nitrogen and oxygen atoms in total. The molecule has 184 valence electrons. The maximum absolute atomic E-state index is 5.02. The lowest BCUT2D eigenvalue weighted by Crippen LogP contribution is -2.23. The van der Waals surface area contributed by atoms with Crippen LogP contribution in [-0.4, -0.2) is 34.5 Å². The van der Waals surface area contributed by atoms with Crippen molar-refractivity contribution in [1.29, 1.82) is 0 Å². The van der Waals surface area contributed by atoms with Crippen LogP contribution >= 0.6 is 0 Å². The Bertz CT molecular complexity index is 1970. The minimum absolute atomic E-state index is 0.591. The first-order valence-corrected chi connectivity index (χ1v) is 12.8. The fourth-order valence-corrected chi connectivity index (χ4v) is 5.27. The fourth-order valence-electron chi connectivity index (χ4n) is 5.27. The van der Waals surface area contributed by atoms with Crippen molar-refractivity contribution in [2.24, 2.45) is 25.0 Å². The van der Waals surface area contributed by atoms with E-state index in [-0.39, 0.29) is 0 Å². The van der Waals surface area contributed by atoms with Gasteiger partial charge in [-0.1, -0.05) is 97.1 Å². The van der Waals surface area contributed by atoms with Gasteiger partial charge in [0.1, 0.15) is 17.5 Å². The third-order valence-corrected chi connectivity index (χ3v) is 7.20. The zero-order chi connectivity index (χ0) is 25.8. The van der Waals surface area contributed by atoms with Gasteiger partial charge in [-0.05, 0) is 11.1 Å². The summed E-state index contributed by atoms with van der Waals surface area (Å²) in [5, 5.41) is 5.49. The average Bonchev–Trinajstić information content (AvgIpc) is 3.63. The topological polar surface area (TPSA) is 89.6 Å². The van der Waals surface area contributed by atoms with Crippen molar-refractivity contribution < 1.29 is 0 Å². The number of nitrogens with one attached hydrogen (secondary N) is 2. The van der Waals surface area contributed by atoms with E-state index in [0.29, 0.717) is 35.7 Å². The van der Waals surface area contributed by atoms with Crippen LogP contribution in [0.15, 0.2) is 122 Å². The molecule has 3 aliphatic heterocycles. The Hall–Kier alpha value is -5.43. The highest BCUT2D eigenvalue weighted by Gasteiger charge is 2.24. The molecule has 4 aromatic carbocycles. The highest BCUT2D eigenvalue weighted by Crippen LogP contribution is 2.36. The summed E-state index contributed by atoms with van der Waals surface area (Å²) < 4.78 is 0. The van der Waals surface area contributed by atoms with Crippen LogP contribution in [0.1, 0.15) is 33.4 Å². The summed E-state index contributed by atoms with van der Waals surface area (Å²) in [5.41, 5.74) is 6.05. The van der Waals surface area contributed by atoms with Crippen LogP contribution < -0.4 is 5.32 Å². The van der Waals surface area contributed by atoms with Gasteiger partial charge in [-0.3, -0.25) is 0 Å². The van der Waals surface area contributed by atoms with E-state index in [1.54, 1.807) is 0 Å².